The highest BCUT2D eigenvalue weighted by Crippen LogP contribution is 2.23. The molecule has 1 aromatic heterocycles. The molecule has 0 aliphatic heterocycles. The molecule has 3 rings (SSSR count). The molecule has 0 amide bonds. The minimum atomic E-state index is -4.25. The topological polar surface area (TPSA) is 108 Å². The van der Waals surface area contributed by atoms with Crippen molar-refractivity contribution in [2.75, 3.05) is 11.8 Å². The molecule has 0 atom stereocenters. The van der Waals surface area contributed by atoms with Gasteiger partial charge in [0.2, 0.25) is 0 Å². The Labute approximate surface area is 151 Å². The van der Waals surface area contributed by atoms with E-state index in [2.05, 4.69) is 4.74 Å². The van der Waals surface area contributed by atoms with Crippen LogP contribution in [0.5, 0.6) is 0 Å². The lowest BCUT2D eigenvalue weighted by atomic mass is 10.3. The van der Waals surface area contributed by atoms with Crippen molar-refractivity contribution in [2.45, 2.75) is 11.4 Å². The first-order chi connectivity index (χ1) is 12.7. The van der Waals surface area contributed by atoms with E-state index in [1.54, 1.807) is 0 Å². The van der Waals surface area contributed by atoms with Crippen LogP contribution >= 0.6 is 0 Å². The number of aromatic nitrogens is 1. The van der Waals surface area contributed by atoms with Gasteiger partial charge in [0.05, 0.1) is 23.2 Å². The molecule has 0 aliphatic carbocycles. The Balaban J connectivity index is 1.99. The molecule has 8 nitrogen and oxygen atoms in total. The van der Waals surface area contributed by atoms with Crippen molar-refractivity contribution in [3.8, 4) is 0 Å². The van der Waals surface area contributed by atoms with Crippen LogP contribution in [0.1, 0.15) is 0 Å². The maximum atomic E-state index is 13.7. The average Bonchev–Trinajstić information content (AvgIpc) is 2.92. The van der Waals surface area contributed by atoms with E-state index in [1.165, 1.54) is 6.07 Å². The van der Waals surface area contributed by atoms with Crippen LogP contribution in [0.4, 0.5) is 14.5 Å². The summed E-state index contributed by atoms with van der Waals surface area (Å²) in [5.41, 5.74) is -0.357. The van der Waals surface area contributed by atoms with Crippen LogP contribution in [0.2, 0.25) is 0 Å². The number of rotatable bonds is 5. The van der Waals surface area contributed by atoms with Crippen molar-refractivity contribution < 1.29 is 31.1 Å². The van der Waals surface area contributed by atoms with Crippen LogP contribution in [-0.2, 0) is 26.1 Å². The van der Waals surface area contributed by atoms with Crippen LogP contribution in [0.15, 0.2) is 50.5 Å². The summed E-state index contributed by atoms with van der Waals surface area (Å²) >= 11 is 0. The Morgan fingerprint density at radius 3 is 2.63 bits per heavy atom. The average molecular weight is 398 g/mol. The van der Waals surface area contributed by atoms with Crippen molar-refractivity contribution in [3.05, 3.63) is 58.6 Å². The molecule has 0 radical (unpaired) electrons. The highest BCUT2D eigenvalue weighted by Gasteiger charge is 2.20. The van der Waals surface area contributed by atoms with Gasteiger partial charge in [0.15, 0.2) is 5.58 Å². The summed E-state index contributed by atoms with van der Waals surface area (Å²) < 4.78 is 63.9. The predicted octanol–water partition coefficient (Wildman–Crippen LogP) is 1.85. The molecule has 1 heterocycles. The molecular weight excluding hydrogens is 386 g/mol. The third kappa shape index (κ3) is 3.67. The molecule has 27 heavy (non-hydrogen) atoms. The number of carbonyl (C=O) groups is 1. The molecular formula is C16H12F2N2O6S. The van der Waals surface area contributed by atoms with Crippen LogP contribution in [0.25, 0.3) is 11.1 Å². The molecule has 3 aromatic rings. The molecule has 11 heteroatoms. The summed E-state index contributed by atoms with van der Waals surface area (Å²) in [6, 6.07) is 5.83. The van der Waals surface area contributed by atoms with Crippen molar-refractivity contribution in [3.63, 3.8) is 0 Å². The summed E-state index contributed by atoms with van der Waals surface area (Å²) in [6.45, 7) is -0.409. The van der Waals surface area contributed by atoms with E-state index >= 15 is 0 Å². The Hall–Kier alpha value is -3.21. The summed E-state index contributed by atoms with van der Waals surface area (Å²) in [4.78, 5) is 22.9. The van der Waals surface area contributed by atoms with Gasteiger partial charge >= 0.3 is 11.7 Å². The van der Waals surface area contributed by atoms with Crippen molar-refractivity contribution in [1.82, 2.24) is 4.57 Å². The Morgan fingerprint density at radius 1 is 1.22 bits per heavy atom. The molecule has 0 aliphatic rings. The van der Waals surface area contributed by atoms with Crippen LogP contribution in [0.3, 0.4) is 0 Å². The number of anilines is 1. The number of esters is 1. The van der Waals surface area contributed by atoms with Gasteiger partial charge < -0.3 is 9.15 Å². The first-order valence-corrected chi connectivity index (χ1v) is 8.87. The zero-order valence-corrected chi connectivity index (χ0v) is 14.5. The zero-order chi connectivity index (χ0) is 19.8. The van der Waals surface area contributed by atoms with Gasteiger partial charge in [-0.3, -0.25) is 14.1 Å². The van der Waals surface area contributed by atoms with Gasteiger partial charge in [-0.15, -0.1) is 0 Å². The van der Waals surface area contributed by atoms with Gasteiger partial charge in [0.1, 0.15) is 18.2 Å². The van der Waals surface area contributed by atoms with E-state index in [4.69, 9.17) is 4.42 Å². The second-order valence-electron chi connectivity index (χ2n) is 5.39. The lowest BCUT2D eigenvalue weighted by Crippen LogP contribution is -2.20. The monoisotopic (exact) mass is 398 g/mol. The van der Waals surface area contributed by atoms with E-state index in [0.717, 1.165) is 35.9 Å². The van der Waals surface area contributed by atoms with Crippen molar-refractivity contribution in [2.24, 2.45) is 0 Å². The largest absolute Gasteiger partial charge is 0.468 e. The molecule has 0 unspecified atom stereocenters. The number of carbonyl (C=O) groups excluding carboxylic acids is 1. The number of ether oxygens (including phenoxy) is 1. The Morgan fingerprint density at radius 2 is 1.96 bits per heavy atom. The maximum absolute atomic E-state index is 13.7. The third-order valence-corrected chi connectivity index (χ3v) is 5.00. The van der Waals surface area contributed by atoms with Gasteiger partial charge in [0.25, 0.3) is 10.0 Å². The standard InChI is InChI=1S/C16H12F2N2O6S/c1-25-15(21)8-20-13-5-3-10(7-14(13)26-16(20)22)27(23,24)19-12-4-2-9(17)6-11(12)18/h2-7,19H,8H2,1H3. The minimum absolute atomic E-state index is 0.0913. The van der Waals surface area contributed by atoms with Crippen molar-refractivity contribution in [1.29, 1.82) is 0 Å². The number of nitrogens with zero attached hydrogens (tertiary/aromatic N) is 1. The number of methoxy groups -OCH3 is 1. The molecule has 0 saturated carbocycles. The van der Waals surface area contributed by atoms with E-state index in [9.17, 15) is 26.8 Å². The summed E-state index contributed by atoms with van der Waals surface area (Å²) in [7, 11) is -3.09. The SMILES string of the molecule is COC(=O)Cn1c(=O)oc2cc(S(=O)(=O)Nc3ccc(F)cc3F)ccc21. The minimum Gasteiger partial charge on any atom is -0.468 e. The van der Waals surface area contributed by atoms with Gasteiger partial charge in [-0.25, -0.2) is 22.0 Å². The number of halogens is 2. The van der Waals surface area contributed by atoms with Gasteiger partial charge in [-0.1, -0.05) is 0 Å². The Kier molecular flexibility index (Phi) is 4.70. The molecule has 1 N–H and O–H groups in total. The fraction of sp³-hybridized carbons (Fsp3) is 0.125. The second-order valence-corrected chi connectivity index (χ2v) is 7.07. The lowest BCUT2D eigenvalue weighted by molar-refractivity contribution is -0.141. The van der Waals surface area contributed by atoms with Crippen LogP contribution < -0.4 is 10.5 Å². The highest BCUT2D eigenvalue weighted by atomic mass is 32.2. The van der Waals surface area contributed by atoms with Crippen molar-refractivity contribution >= 4 is 32.8 Å². The molecule has 0 bridgehead atoms. The first kappa shape index (κ1) is 18.6. The molecule has 142 valence electrons. The fourth-order valence-corrected chi connectivity index (χ4v) is 3.42. The highest BCUT2D eigenvalue weighted by molar-refractivity contribution is 7.92. The number of oxazole rings is 1. The number of benzene rings is 2. The third-order valence-electron chi connectivity index (χ3n) is 3.64. The van der Waals surface area contributed by atoms with Gasteiger partial charge in [-0.05, 0) is 24.3 Å². The fourth-order valence-electron chi connectivity index (χ4n) is 2.33. The van der Waals surface area contributed by atoms with Crippen LogP contribution in [0, 0.1) is 11.6 Å². The van der Waals surface area contributed by atoms with Gasteiger partial charge in [-0.2, -0.15) is 0 Å². The molecule has 0 spiro atoms. The van der Waals surface area contributed by atoms with Crippen LogP contribution in [-0.4, -0.2) is 26.1 Å². The quantitative estimate of drug-likeness (QED) is 0.657. The molecule has 0 fully saturated rings. The summed E-state index contributed by atoms with van der Waals surface area (Å²) in [6.07, 6.45) is 0. The van der Waals surface area contributed by atoms with E-state index < -0.39 is 45.6 Å². The lowest BCUT2D eigenvalue weighted by Gasteiger charge is -2.09. The van der Waals surface area contributed by atoms with Gasteiger partial charge in [0, 0.05) is 12.1 Å². The summed E-state index contributed by atoms with van der Waals surface area (Å²) in [5, 5.41) is 0. The number of fused-ring (bicyclic) bond motifs is 1. The zero-order valence-electron chi connectivity index (χ0n) is 13.7. The van der Waals surface area contributed by atoms with E-state index in [0.29, 0.717) is 6.07 Å². The second kappa shape index (κ2) is 6.83. The summed E-state index contributed by atoms with van der Waals surface area (Å²) in [5.74, 6) is -3.51. The Bertz CT molecular complexity index is 1200. The predicted molar refractivity (Wildman–Crippen MR) is 89.7 cm³/mol. The number of hydrogen-bond donors (Lipinski definition) is 1. The normalized spacial score (nSPS) is 11.5. The first-order valence-electron chi connectivity index (χ1n) is 7.39. The number of sulfonamides is 1. The molecule has 2 aromatic carbocycles. The number of nitrogens with one attached hydrogen (secondary N) is 1. The molecule has 0 saturated heterocycles. The maximum Gasteiger partial charge on any atom is 0.420 e. The van der Waals surface area contributed by atoms with E-state index in [-0.39, 0.29) is 16.0 Å². The number of hydrogen-bond acceptors (Lipinski definition) is 6. The smallest absolute Gasteiger partial charge is 0.420 e. The van der Waals surface area contributed by atoms with E-state index in [1.807, 2.05) is 4.72 Å².